The van der Waals surface area contributed by atoms with Gasteiger partial charge in [-0.2, -0.15) is 10.6 Å². The van der Waals surface area contributed by atoms with Crippen molar-refractivity contribution in [3.8, 4) is 0 Å². The molecule has 4 heteroatoms. The zero-order valence-electron chi connectivity index (χ0n) is 8.67. The van der Waals surface area contributed by atoms with Gasteiger partial charge in [-0.3, -0.25) is 0 Å². The van der Waals surface area contributed by atoms with Gasteiger partial charge >= 0.3 is 6.09 Å². The second-order valence-corrected chi connectivity index (χ2v) is 4.67. The van der Waals surface area contributed by atoms with Crippen LogP contribution in [-0.4, -0.2) is 29.4 Å². The van der Waals surface area contributed by atoms with Crippen molar-refractivity contribution in [1.82, 2.24) is 0 Å². The molecule has 0 aromatic carbocycles. The molecule has 76 valence electrons. The zero-order chi connectivity index (χ0) is 10.1. The summed E-state index contributed by atoms with van der Waals surface area (Å²) in [4.78, 5) is 11.6. The fourth-order valence-electron chi connectivity index (χ4n) is 1.44. The van der Waals surface area contributed by atoms with Crippen LogP contribution in [0.1, 0.15) is 33.6 Å². The van der Waals surface area contributed by atoms with Crippen LogP contribution >= 0.6 is 0 Å². The lowest BCUT2D eigenvalue weighted by atomic mass is 10.2. The number of quaternary nitrogens is 1. The minimum atomic E-state index is -0.440. The van der Waals surface area contributed by atoms with Crippen molar-refractivity contribution in [2.75, 3.05) is 13.1 Å². The predicted molar refractivity (Wildman–Crippen MR) is 49.6 cm³/mol. The molecular weight excluding hydrogens is 168 g/mol. The number of carbonyl (C=O) groups is 1. The third kappa shape index (κ3) is 2.67. The van der Waals surface area contributed by atoms with Crippen LogP contribution in [0.15, 0.2) is 0 Å². The summed E-state index contributed by atoms with van der Waals surface area (Å²) in [5.41, 5.74) is -0.440. The SMILES string of the molecule is CC(C)(C)OC(=O)[N+]1(N)CCCC1. The second kappa shape index (κ2) is 3.27. The smallest absolute Gasteiger partial charge is 0.413 e. The van der Waals surface area contributed by atoms with Crippen LogP contribution in [0.4, 0.5) is 4.79 Å². The van der Waals surface area contributed by atoms with E-state index in [-0.39, 0.29) is 10.7 Å². The molecule has 0 aliphatic carbocycles. The molecule has 0 aromatic heterocycles. The Balaban J connectivity index is 2.57. The molecule has 1 aliphatic heterocycles. The third-order valence-corrected chi connectivity index (χ3v) is 2.12. The molecular formula is C9H19N2O2+. The minimum Gasteiger partial charge on any atom is -0.413 e. The van der Waals surface area contributed by atoms with Crippen LogP contribution < -0.4 is 5.84 Å². The van der Waals surface area contributed by atoms with E-state index in [4.69, 9.17) is 10.6 Å². The quantitative estimate of drug-likeness (QED) is 0.354. The van der Waals surface area contributed by atoms with Crippen LogP contribution in [0.3, 0.4) is 0 Å². The van der Waals surface area contributed by atoms with E-state index < -0.39 is 5.60 Å². The van der Waals surface area contributed by atoms with Crippen molar-refractivity contribution in [2.24, 2.45) is 5.84 Å². The van der Waals surface area contributed by atoms with Crippen LogP contribution in [0, 0.1) is 0 Å². The number of hydrogen-bond donors (Lipinski definition) is 1. The summed E-state index contributed by atoms with van der Waals surface area (Å²) >= 11 is 0. The fraction of sp³-hybridized carbons (Fsp3) is 0.889. The second-order valence-electron chi connectivity index (χ2n) is 4.67. The number of likely N-dealkylation sites (tertiary alicyclic amines) is 1. The molecule has 4 nitrogen and oxygen atoms in total. The Morgan fingerprint density at radius 3 is 2.15 bits per heavy atom. The summed E-state index contributed by atoms with van der Waals surface area (Å²) in [7, 11) is 0. The molecule has 1 amide bonds. The van der Waals surface area contributed by atoms with Gasteiger partial charge in [-0.1, -0.05) is 0 Å². The molecule has 0 bridgehead atoms. The standard InChI is InChI=1S/C9H19N2O2/c1-9(2,3)13-8(12)11(10)6-4-5-7-11/h4-7,10H2,1-3H3/q+1. The first kappa shape index (κ1) is 10.5. The van der Waals surface area contributed by atoms with Gasteiger partial charge in [0.05, 0.1) is 0 Å². The van der Waals surface area contributed by atoms with Gasteiger partial charge in [-0.15, -0.1) is 4.59 Å². The molecule has 0 saturated carbocycles. The highest BCUT2D eigenvalue weighted by atomic mass is 16.6. The van der Waals surface area contributed by atoms with Gasteiger partial charge < -0.3 is 4.74 Å². The number of amides is 1. The lowest BCUT2D eigenvalue weighted by molar-refractivity contribution is -0.858. The Bertz CT molecular complexity index is 202. The van der Waals surface area contributed by atoms with Gasteiger partial charge in [0.2, 0.25) is 0 Å². The van der Waals surface area contributed by atoms with Crippen molar-refractivity contribution in [1.29, 1.82) is 0 Å². The summed E-state index contributed by atoms with van der Waals surface area (Å²) in [6.45, 7) is 6.97. The summed E-state index contributed by atoms with van der Waals surface area (Å²) in [5, 5.41) is 0. The van der Waals surface area contributed by atoms with E-state index >= 15 is 0 Å². The summed E-state index contributed by atoms with van der Waals surface area (Å²) < 4.78 is 5.19. The van der Waals surface area contributed by atoms with E-state index in [0.717, 1.165) is 12.8 Å². The first-order chi connectivity index (χ1) is 5.83. The lowest BCUT2D eigenvalue weighted by Gasteiger charge is -2.27. The van der Waals surface area contributed by atoms with Gasteiger partial charge in [0.25, 0.3) is 0 Å². The Kier molecular flexibility index (Phi) is 2.63. The normalized spacial score (nSPS) is 21.5. The largest absolute Gasteiger partial charge is 0.536 e. The first-order valence-corrected chi connectivity index (χ1v) is 4.73. The van der Waals surface area contributed by atoms with Crippen molar-refractivity contribution in [3.05, 3.63) is 0 Å². The molecule has 0 spiro atoms. The van der Waals surface area contributed by atoms with Crippen molar-refractivity contribution < 1.29 is 14.1 Å². The molecule has 1 rings (SSSR count). The molecule has 0 atom stereocenters. The Hall–Kier alpha value is -0.610. The first-order valence-electron chi connectivity index (χ1n) is 4.73. The fourth-order valence-corrected chi connectivity index (χ4v) is 1.44. The van der Waals surface area contributed by atoms with Crippen LogP contribution in [0.5, 0.6) is 0 Å². The van der Waals surface area contributed by atoms with Gasteiger partial charge in [0.15, 0.2) is 0 Å². The van der Waals surface area contributed by atoms with Gasteiger partial charge in [-0.05, 0) is 20.8 Å². The number of nitrogens with two attached hydrogens (primary N) is 1. The van der Waals surface area contributed by atoms with Crippen LogP contribution in [0.25, 0.3) is 0 Å². The lowest BCUT2D eigenvalue weighted by Crippen LogP contribution is -2.57. The topological polar surface area (TPSA) is 52.3 Å². The van der Waals surface area contributed by atoms with Crippen molar-refractivity contribution >= 4 is 6.09 Å². The Morgan fingerprint density at radius 2 is 1.77 bits per heavy atom. The molecule has 1 heterocycles. The number of ether oxygens (including phenoxy) is 1. The van der Waals surface area contributed by atoms with Gasteiger partial charge in [-0.25, -0.2) is 0 Å². The maximum atomic E-state index is 11.6. The Morgan fingerprint density at radius 1 is 1.31 bits per heavy atom. The van der Waals surface area contributed by atoms with E-state index in [1.807, 2.05) is 20.8 Å². The molecule has 0 aromatic rings. The average molecular weight is 187 g/mol. The van der Waals surface area contributed by atoms with E-state index in [0.29, 0.717) is 13.1 Å². The summed E-state index contributed by atoms with van der Waals surface area (Å²) in [6.07, 6.45) is 1.72. The predicted octanol–water partition coefficient (Wildman–Crippen LogP) is 1.41. The number of hydrogen-bond acceptors (Lipinski definition) is 3. The summed E-state index contributed by atoms with van der Waals surface area (Å²) in [6, 6.07) is 0. The minimum absolute atomic E-state index is 0.0444. The monoisotopic (exact) mass is 187 g/mol. The third-order valence-electron chi connectivity index (χ3n) is 2.12. The maximum Gasteiger partial charge on any atom is 0.536 e. The Labute approximate surface area is 79.2 Å². The molecule has 13 heavy (non-hydrogen) atoms. The van der Waals surface area contributed by atoms with E-state index in [1.165, 1.54) is 0 Å². The zero-order valence-corrected chi connectivity index (χ0v) is 8.67. The molecule has 1 fully saturated rings. The van der Waals surface area contributed by atoms with Crippen molar-refractivity contribution in [3.63, 3.8) is 0 Å². The highest BCUT2D eigenvalue weighted by Gasteiger charge is 2.40. The average Bonchev–Trinajstić information content (AvgIpc) is 2.33. The number of nitrogens with zero attached hydrogens (tertiary/aromatic N) is 1. The highest BCUT2D eigenvalue weighted by molar-refractivity contribution is 5.60. The van der Waals surface area contributed by atoms with Crippen molar-refractivity contribution in [2.45, 2.75) is 39.2 Å². The molecule has 0 unspecified atom stereocenters. The van der Waals surface area contributed by atoms with Gasteiger partial charge in [0, 0.05) is 12.8 Å². The van der Waals surface area contributed by atoms with E-state index in [9.17, 15) is 4.79 Å². The molecule has 1 aliphatic rings. The molecule has 1 saturated heterocycles. The van der Waals surface area contributed by atoms with E-state index in [2.05, 4.69) is 0 Å². The molecule has 2 N–H and O–H groups in total. The highest BCUT2D eigenvalue weighted by Crippen LogP contribution is 2.18. The van der Waals surface area contributed by atoms with E-state index in [1.54, 1.807) is 0 Å². The van der Waals surface area contributed by atoms with Gasteiger partial charge in [0.1, 0.15) is 18.7 Å². The van der Waals surface area contributed by atoms with Crippen LogP contribution in [0.2, 0.25) is 0 Å². The number of rotatable bonds is 0. The number of carbonyl (C=O) groups excluding carboxylic acids is 1. The molecule has 0 radical (unpaired) electrons. The maximum absolute atomic E-state index is 11.6. The van der Waals surface area contributed by atoms with Crippen LogP contribution in [-0.2, 0) is 4.74 Å². The summed E-state index contributed by atoms with van der Waals surface area (Å²) in [5.74, 6) is 5.87.